The number of nitrogens with one attached hydrogen (secondary N) is 1. The number of hydrogen-bond donors (Lipinski definition) is 2. The van der Waals surface area contributed by atoms with Gasteiger partial charge in [-0.15, -0.1) is 0 Å². The molecule has 0 amide bonds. The molecule has 0 aliphatic rings. The minimum Gasteiger partial charge on any atom is -0.508 e. The summed E-state index contributed by atoms with van der Waals surface area (Å²) in [6, 6.07) is 12.8. The minimum atomic E-state index is -0.378. The first-order chi connectivity index (χ1) is 9.66. The third-order valence-corrected chi connectivity index (χ3v) is 3.01. The fourth-order valence-corrected chi connectivity index (χ4v) is 2.00. The number of phenolic OH excluding ortho intramolecular Hbond substituents is 1. The summed E-state index contributed by atoms with van der Waals surface area (Å²) in [6.45, 7) is 0. The summed E-state index contributed by atoms with van der Waals surface area (Å²) < 4.78 is 0. The van der Waals surface area contributed by atoms with Gasteiger partial charge in [-0.2, -0.15) is 5.10 Å². The van der Waals surface area contributed by atoms with Crippen LogP contribution in [0, 0.1) is 0 Å². The van der Waals surface area contributed by atoms with Crippen molar-refractivity contribution in [2.45, 2.75) is 0 Å². The average Bonchev–Trinajstić information content (AvgIpc) is 2.71. The lowest BCUT2D eigenvalue weighted by Crippen LogP contribution is -2.32. The molecule has 3 rings (SSSR count). The standard InChI is InChI=1S/C15H10N2O3/c18-10-7-5-9(6-8-10)16-17-13-14(19)11-3-1-2-4-12(11)15(13)20/h1-8,16,18H. The molecule has 0 spiro atoms. The van der Waals surface area contributed by atoms with Gasteiger partial charge in [0.15, 0.2) is 5.36 Å². The highest BCUT2D eigenvalue weighted by Gasteiger charge is 2.09. The zero-order valence-corrected chi connectivity index (χ0v) is 10.3. The van der Waals surface area contributed by atoms with Crippen LogP contribution < -0.4 is 21.6 Å². The molecule has 3 aromatic rings. The minimum absolute atomic E-state index is 0.126. The van der Waals surface area contributed by atoms with Gasteiger partial charge in [0.05, 0.1) is 5.69 Å². The molecule has 2 N–H and O–H groups in total. The second-order valence-corrected chi connectivity index (χ2v) is 4.32. The van der Waals surface area contributed by atoms with Crippen molar-refractivity contribution < 1.29 is 5.11 Å². The number of anilines is 1. The summed E-state index contributed by atoms with van der Waals surface area (Å²) in [5.74, 6) is 0.128. The van der Waals surface area contributed by atoms with E-state index >= 15 is 0 Å². The molecule has 0 radical (unpaired) electrons. The second kappa shape index (κ2) is 4.62. The molecule has 0 atom stereocenters. The Morgan fingerprint density at radius 1 is 0.850 bits per heavy atom. The van der Waals surface area contributed by atoms with Crippen molar-refractivity contribution in [2.75, 3.05) is 5.43 Å². The van der Waals surface area contributed by atoms with Gasteiger partial charge < -0.3 is 5.11 Å². The molecule has 20 heavy (non-hydrogen) atoms. The zero-order chi connectivity index (χ0) is 14.1. The van der Waals surface area contributed by atoms with E-state index in [-0.39, 0.29) is 22.0 Å². The van der Waals surface area contributed by atoms with E-state index in [9.17, 15) is 9.59 Å². The van der Waals surface area contributed by atoms with E-state index in [2.05, 4.69) is 10.5 Å². The first-order valence-corrected chi connectivity index (χ1v) is 5.98. The molecule has 0 bridgehead atoms. The molecule has 0 saturated heterocycles. The van der Waals surface area contributed by atoms with E-state index in [1.165, 1.54) is 12.1 Å². The SMILES string of the molecule is O=c1c(=NNc2ccc(O)cc2)c(=O)c2ccccc12. The second-order valence-electron chi connectivity index (χ2n) is 4.32. The molecule has 0 heterocycles. The Bertz CT molecular complexity index is 870. The highest BCUT2D eigenvalue weighted by Crippen LogP contribution is 2.13. The summed E-state index contributed by atoms with van der Waals surface area (Å²) in [5.41, 5.74) is 2.46. The van der Waals surface area contributed by atoms with Crippen LogP contribution in [0.4, 0.5) is 5.69 Å². The van der Waals surface area contributed by atoms with Gasteiger partial charge in [-0.25, -0.2) is 0 Å². The first kappa shape index (κ1) is 12.1. The third kappa shape index (κ3) is 1.95. The molecule has 0 saturated carbocycles. The fraction of sp³-hybridized carbons (Fsp3) is 0. The number of nitrogens with zero attached hydrogens (tertiary/aromatic N) is 1. The molecule has 98 valence electrons. The molecule has 0 aliphatic carbocycles. The Balaban J connectivity index is 2.10. The predicted octanol–water partition coefficient (Wildman–Crippen LogP) is 1.07. The van der Waals surface area contributed by atoms with Gasteiger partial charge >= 0.3 is 0 Å². The van der Waals surface area contributed by atoms with E-state index in [1.54, 1.807) is 36.4 Å². The highest BCUT2D eigenvalue weighted by atomic mass is 16.3. The normalized spacial score (nSPS) is 10.6. The van der Waals surface area contributed by atoms with Crippen LogP contribution in [0.1, 0.15) is 0 Å². The van der Waals surface area contributed by atoms with Crippen LogP contribution in [0.3, 0.4) is 0 Å². The Labute approximate surface area is 113 Å². The van der Waals surface area contributed by atoms with Gasteiger partial charge in [0.25, 0.3) is 0 Å². The fourth-order valence-electron chi connectivity index (χ4n) is 2.00. The van der Waals surface area contributed by atoms with Crippen molar-refractivity contribution in [3.8, 4) is 5.75 Å². The van der Waals surface area contributed by atoms with Crippen LogP contribution in [-0.2, 0) is 0 Å². The average molecular weight is 266 g/mol. The summed E-state index contributed by atoms with van der Waals surface area (Å²) in [4.78, 5) is 24.1. The van der Waals surface area contributed by atoms with Gasteiger partial charge in [0, 0.05) is 10.8 Å². The van der Waals surface area contributed by atoms with E-state index < -0.39 is 0 Å². The summed E-state index contributed by atoms with van der Waals surface area (Å²) in [7, 11) is 0. The largest absolute Gasteiger partial charge is 0.508 e. The number of rotatable bonds is 2. The van der Waals surface area contributed by atoms with Crippen LogP contribution in [-0.4, -0.2) is 5.11 Å². The van der Waals surface area contributed by atoms with Gasteiger partial charge in [-0.3, -0.25) is 15.0 Å². The molecular weight excluding hydrogens is 256 g/mol. The van der Waals surface area contributed by atoms with E-state index in [0.29, 0.717) is 16.5 Å². The molecule has 3 aromatic carbocycles. The van der Waals surface area contributed by atoms with Crippen molar-refractivity contribution in [2.24, 2.45) is 5.10 Å². The molecule has 5 nitrogen and oxygen atoms in total. The van der Waals surface area contributed by atoms with Crippen LogP contribution in [0.25, 0.3) is 10.8 Å². The Kier molecular flexibility index (Phi) is 2.80. The molecule has 0 fully saturated rings. The monoisotopic (exact) mass is 266 g/mol. The summed E-state index contributed by atoms with van der Waals surface area (Å²) in [5, 5.41) is 13.7. The lowest BCUT2D eigenvalue weighted by Gasteiger charge is -1.98. The summed E-state index contributed by atoms with van der Waals surface area (Å²) in [6.07, 6.45) is 0. The topological polar surface area (TPSA) is 78.8 Å². The number of aromatic hydroxyl groups is 1. The van der Waals surface area contributed by atoms with E-state index in [4.69, 9.17) is 5.11 Å². The van der Waals surface area contributed by atoms with Crippen molar-refractivity contribution >= 4 is 16.5 Å². The maximum absolute atomic E-state index is 12.1. The maximum atomic E-state index is 12.1. The van der Waals surface area contributed by atoms with Crippen LogP contribution >= 0.6 is 0 Å². The number of hydrogen-bond acceptors (Lipinski definition) is 5. The van der Waals surface area contributed by atoms with Crippen LogP contribution in [0.5, 0.6) is 5.75 Å². The molecule has 0 aliphatic heterocycles. The molecule has 0 unspecified atom stereocenters. The quantitative estimate of drug-likeness (QED) is 0.537. The molecule has 0 aromatic heterocycles. The van der Waals surface area contributed by atoms with Crippen LogP contribution in [0.2, 0.25) is 0 Å². The smallest absolute Gasteiger partial charge is 0.217 e. The number of benzene rings is 2. The lowest BCUT2D eigenvalue weighted by atomic mass is 10.2. The zero-order valence-electron chi connectivity index (χ0n) is 10.3. The number of fused-ring (bicyclic) bond motifs is 1. The van der Waals surface area contributed by atoms with Crippen LogP contribution in [0.15, 0.2) is 63.2 Å². The number of phenols is 1. The van der Waals surface area contributed by atoms with Crippen molar-refractivity contribution in [1.29, 1.82) is 0 Å². The van der Waals surface area contributed by atoms with Crippen molar-refractivity contribution in [3.05, 3.63) is 74.3 Å². The molecule has 5 heteroatoms. The van der Waals surface area contributed by atoms with Gasteiger partial charge in [-0.1, -0.05) is 24.3 Å². The van der Waals surface area contributed by atoms with Gasteiger partial charge in [0.1, 0.15) is 5.75 Å². The molecular formula is C15H10N2O3. The lowest BCUT2D eigenvalue weighted by molar-refractivity contribution is 0.475. The third-order valence-electron chi connectivity index (χ3n) is 3.01. The summed E-state index contributed by atoms with van der Waals surface area (Å²) >= 11 is 0. The van der Waals surface area contributed by atoms with Gasteiger partial charge in [-0.05, 0) is 24.3 Å². The van der Waals surface area contributed by atoms with Gasteiger partial charge in [0.2, 0.25) is 10.9 Å². The Hall–Kier alpha value is -2.95. The van der Waals surface area contributed by atoms with E-state index in [1.807, 2.05) is 0 Å². The predicted molar refractivity (Wildman–Crippen MR) is 76.2 cm³/mol. The maximum Gasteiger partial charge on any atom is 0.217 e. The van der Waals surface area contributed by atoms with E-state index in [0.717, 1.165) is 0 Å². The van der Waals surface area contributed by atoms with Crippen molar-refractivity contribution in [3.63, 3.8) is 0 Å². The highest BCUT2D eigenvalue weighted by molar-refractivity contribution is 5.83. The Morgan fingerprint density at radius 2 is 1.40 bits per heavy atom. The first-order valence-electron chi connectivity index (χ1n) is 5.98. The Morgan fingerprint density at radius 3 is 1.95 bits per heavy atom. The van der Waals surface area contributed by atoms with Crippen molar-refractivity contribution in [1.82, 2.24) is 0 Å².